The van der Waals surface area contributed by atoms with Crippen molar-refractivity contribution in [3.63, 3.8) is 0 Å². The lowest BCUT2D eigenvalue weighted by Crippen LogP contribution is -2.19. The molecule has 0 bridgehead atoms. The SMILES string of the molecule is CC(C)n1c(CC(=O)O)cc(=O)c2cc(N(C)C)ccc21. The van der Waals surface area contributed by atoms with Crippen molar-refractivity contribution in [1.29, 1.82) is 0 Å². The number of rotatable bonds is 4. The van der Waals surface area contributed by atoms with E-state index < -0.39 is 5.97 Å². The lowest BCUT2D eigenvalue weighted by atomic mass is 10.1. The number of aromatic nitrogens is 1. The van der Waals surface area contributed by atoms with E-state index in [1.54, 1.807) is 0 Å². The third kappa shape index (κ3) is 2.91. The van der Waals surface area contributed by atoms with E-state index in [0.717, 1.165) is 11.2 Å². The molecular formula is C16H20N2O3. The topological polar surface area (TPSA) is 62.5 Å². The Kier molecular flexibility index (Phi) is 4.02. The molecular weight excluding hydrogens is 268 g/mol. The predicted octanol–water partition coefficient (Wildman–Crippen LogP) is 2.28. The van der Waals surface area contributed by atoms with Gasteiger partial charge >= 0.3 is 5.97 Å². The number of carboxylic acids is 1. The third-order valence-corrected chi connectivity index (χ3v) is 3.48. The molecule has 1 heterocycles. The van der Waals surface area contributed by atoms with Crippen LogP contribution in [0.2, 0.25) is 0 Å². The highest BCUT2D eigenvalue weighted by Gasteiger charge is 2.14. The smallest absolute Gasteiger partial charge is 0.309 e. The molecule has 0 aliphatic rings. The summed E-state index contributed by atoms with van der Waals surface area (Å²) in [7, 11) is 3.84. The van der Waals surface area contributed by atoms with Crippen LogP contribution in [0.4, 0.5) is 5.69 Å². The Balaban J connectivity index is 2.80. The van der Waals surface area contributed by atoms with Gasteiger partial charge in [-0.3, -0.25) is 9.59 Å². The monoisotopic (exact) mass is 288 g/mol. The minimum Gasteiger partial charge on any atom is -0.481 e. The molecule has 0 spiro atoms. The second-order valence-electron chi connectivity index (χ2n) is 5.63. The van der Waals surface area contributed by atoms with E-state index in [0.29, 0.717) is 11.1 Å². The fourth-order valence-electron chi connectivity index (χ4n) is 2.56. The number of nitrogens with zero attached hydrogens (tertiary/aromatic N) is 2. The third-order valence-electron chi connectivity index (χ3n) is 3.48. The van der Waals surface area contributed by atoms with Crippen LogP contribution in [0.5, 0.6) is 0 Å². The molecule has 0 saturated heterocycles. The number of hydrogen-bond acceptors (Lipinski definition) is 3. The van der Waals surface area contributed by atoms with Crippen LogP contribution in [0.1, 0.15) is 25.6 Å². The molecule has 1 aromatic heterocycles. The molecule has 2 rings (SSSR count). The summed E-state index contributed by atoms with van der Waals surface area (Å²) in [6, 6.07) is 7.19. The van der Waals surface area contributed by atoms with Crippen molar-refractivity contribution < 1.29 is 9.90 Å². The standard InChI is InChI=1S/C16H20N2O3/c1-10(2)18-12(9-16(20)21)8-15(19)13-7-11(17(3)4)5-6-14(13)18/h5-8,10H,9H2,1-4H3,(H,20,21). The van der Waals surface area contributed by atoms with Crippen LogP contribution in [-0.2, 0) is 11.2 Å². The van der Waals surface area contributed by atoms with E-state index in [2.05, 4.69) is 0 Å². The number of hydrogen-bond donors (Lipinski definition) is 1. The minimum atomic E-state index is -0.937. The highest BCUT2D eigenvalue weighted by Crippen LogP contribution is 2.23. The number of anilines is 1. The van der Waals surface area contributed by atoms with E-state index >= 15 is 0 Å². The Bertz CT molecular complexity index is 745. The van der Waals surface area contributed by atoms with Crippen molar-refractivity contribution in [3.8, 4) is 0 Å². The fraction of sp³-hybridized carbons (Fsp3) is 0.375. The van der Waals surface area contributed by atoms with E-state index in [9.17, 15) is 9.59 Å². The van der Waals surface area contributed by atoms with Gasteiger partial charge in [-0.15, -0.1) is 0 Å². The minimum absolute atomic E-state index is 0.0765. The van der Waals surface area contributed by atoms with Gasteiger partial charge < -0.3 is 14.6 Å². The molecule has 1 aromatic carbocycles. The largest absolute Gasteiger partial charge is 0.481 e. The van der Waals surface area contributed by atoms with E-state index in [1.807, 2.05) is 55.6 Å². The van der Waals surface area contributed by atoms with Crippen molar-refractivity contribution in [2.24, 2.45) is 0 Å². The Hall–Kier alpha value is -2.30. The molecule has 1 N–H and O–H groups in total. The lowest BCUT2D eigenvalue weighted by molar-refractivity contribution is -0.136. The van der Waals surface area contributed by atoms with Gasteiger partial charge in [0.25, 0.3) is 0 Å². The Labute approximate surface area is 123 Å². The van der Waals surface area contributed by atoms with Crippen LogP contribution < -0.4 is 10.3 Å². The van der Waals surface area contributed by atoms with Crippen LogP contribution in [0.15, 0.2) is 29.1 Å². The average molecular weight is 288 g/mol. The van der Waals surface area contributed by atoms with E-state index in [-0.39, 0.29) is 17.9 Å². The molecule has 21 heavy (non-hydrogen) atoms. The maximum atomic E-state index is 12.3. The molecule has 0 unspecified atom stereocenters. The maximum absolute atomic E-state index is 12.3. The molecule has 0 radical (unpaired) electrons. The van der Waals surface area contributed by atoms with Crippen molar-refractivity contribution in [2.45, 2.75) is 26.3 Å². The average Bonchev–Trinajstić information content (AvgIpc) is 2.37. The highest BCUT2D eigenvalue weighted by atomic mass is 16.4. The first kappa shape index (κ1) is 15.1. The molecule has 2 aromatic rings. The maximum Gasteiger partial charge on any atom is 0.309 e. The number of carboxylic acid groups (broad SMARTS) is 1. The molecule has 0 amide bonds. The fourth-order valence-corrected chi connectivity index (χ4v) is 2.56. The van der Waals surface area contributed by atoms with Crippen LogP contribution in [0, 0.1) is 0 Å². The number of carbonyl (C=O) groups is 1. The Morgan fingerprint density at radius 1 is 1.29 bits per heavy atom. The van der Waals surface area contributed by atoms with Gasteiger partial charge in [-0.1, -0.05) is 0 Å². The number of aliphatic carboxylic acids is 1. The summed E-state index contributed by atoms with van der Waals surface area (Å²) < 4.78 is 1.92. The normalized spacial score (nSPS) is 11.1. The van der Waals surface area contributed by atoms with Crippen LogP contribution >= 0.6 is 0 Å². The van der Waals surface area contributed by atoms with Gasteiger partial charge in [0, 0.05) is 43.0 Å². The van der Waals surface area contributed by atoms with Crippen molar-refractivity contribution in [1.82, 2.24) is 4.57 Å². The van der Waals surface area contributed by atoms with Gasteiger partial charge in [0.1, 0.15) is 0 Å². The Morgan fingerprint density at radius 3 is 2.48 bits per heavy atom. The summed E-state index contributed by atoms with van der Waals surface area (Å²) >= 11 is 0. The summed E-state index contributed by atoms with van der Waals surface area (Å²) in [6.07, 6.45) is -0.154. The zero-order valence-electron chi connectivity index (χ0n) is 12.8. The van der Waals surface area contributed by atoms with Crippen molar-refractivity contribution in [3.05, 3.63) is 40.2 Å². The zero-order valence-corrected chi connectivity index (χ0v) is 12.8. The van der Waals surface area contributed by atoms with Crippen molar-refractivity contribution in [2.75, 3.05) is 19.0 Å². The molecule has 112 valence electrons. The summed E-state index contributed by atoms with van der Waals surface area (Å²) in [5.41, 5.74) is 2.12. The molecule has 0 atom stereocenters. The van der Waals surface area contributed by atoms with Crippen LogP contribution in [-0.4, -0.2) is 29.7 Å². The molecule has 0 saturated carbocycles. The Morgan fingerprint density at radius 2 is 1.95 bits per heavy atom. The zero-order chi connectivity index (χ0) is 15.7. The quantitative estimate of drug-likeness (QED) is 0.937. The first-order valence-corrected chi connectivity index (χ1v) is 6.88. The second kappa shape index (κ2) is 5.60. The molecule has 5 nitrogen and oxygen atoms in total. The van der Waals surface area contributed by atoms with E-state index in [4.69, 9.17) is 5.11 Å². The van der Waals surface area contributed by atoms with Gasteiger partial charge in [-0.25, -0.2) is 0 Å². The summed E-state index contributed by atoms with van der Waals surface area (Å²) in [5, 5.41) is 9.65. The highest BCUT2D eigenvalue weighted by molar-refractivity contribution is 5.84. The predicted molar refractivity (Wildman–Crippen MR) is 84.3 cm³/mol. The summed E-state index contributed by atoms with van der Waals surface area (Å²) in [4.78, 5) is 25.3. The van der Waals surface area contributed by atoms with Gasteiger partial charge in [0.05, 0.1) is 11.9 Å². The second-order valence-corrected chi connectivity index (χ2v) is 5.63. The molecule has 5 heteroatoms. The van der Waals surface area contributed by atoms with Gasteiger partial charge in [0.2, 0.25) is 0 Å². The van der Waals surface area contributed by atoms with Crippen LogP contribution in [0.3, 0.4) is 0 Å². The van der Waals surface area contributed by atoms with Gasteiger partial charge in [-0.2, -0.15) is 0 Å². The number of pyridine rings is 1. The summed E-state index contributed by atoms with van der Waals surface area (Å²) in [5.74, 6) is -0.937. The van der Waals surface area contributed by atoms with Gasteiger partial charge in [0.15, 0.2) is 5.43 Å². The van der Waals surface area contributed by atoms with Crippen LogP contribution in [0.25, 0.3) is 10.9 Å². The molecule has 0 aliphatic heterocycles. The molecule has 0 fully saturated rings. The first-order chi connectivity index (χ1) is 9.81. The van der Waals surface area contributed by atoms with Crippen molar-refractivity contribution >= 4 is 22.6 Å². The van der Waals surface area contributed by atoms with E-state index in [1.165, 1.54) is 6.07 Å². The summed E-state index contributed by atoms with van der Waals surface area (Å²) in [6.45, 7) is 3.96. The van der Waals surface area contributed by atoms with Gasteiger partial charge in [-0.05, 0) is 32.0 Å². The lowest BCUT2D eigenvalue weighted by Gasteiger charge is -2.21. The number of benzene rings is 1. The first-order valence-electron chi connectivity index (χ1n) is 6.88. The number of fused-ring (bicyclic) bond motifs is 1. The molecule has 0 aliphatic carbocycles.